The monoisotopic (exact) mass is 340 g/mol. The molecule has 0 spiro atoms. The molecule has 2 aliphatic heterocycles. The molecule has 1 aromatic carbocycles. The summed E-state index contributed by atoms with van der Waals surface area (Å²) in [6.45, 7) is 4.73. The van der Waals surface area contributed by atoms with Crippen LogP contribution in [0.15, 0.2) is 24.4 Å². The minimum atomic E-state index is -0.327. The molecule has 0 radical (unpaired) electrons. The van der Waals surface area contributed by atoms with Gasteiger partial charge in [-0.2, -0.15) is 0 Å². The first-order valence-corrected chi connectivity index (χ1v) is 9.13. The van der Waals surface area contributed by atoms with Crippen molar-refractivity contribution in [1.29, 1.82) is 0 Å². The molecule has 0 atom stereocenters. The van der Waals surface area contributed by atoms with Crippen molar-refractivity contribution in [3.8, 4) is 0 Å². The van der Waals surface area contributed by atoms with Crippen molar-refractivity contribution >= 4 is 28.5 Å². The average molecular weight is 340 g/mol. The van der Waals surface area contributed by atoms with Crippen LogP contribution in [0.2, 0.25) is 0 Å². The third kappa shape index (κ3) is 2.91. The molecule has 0 unspecified atom stereocenters. The SMILES string of the molecule is CCc1cn(C2CCNCC2)c2ccc(N3CCC(=O)NC3=O)cc12. The number of piperidine rings is 1. The Balaban J connectivity index is 1.72. The molecule has 0 saturated carbocycles. The van der Waals surface area contributed by atoms with Crippen molar-refractivity contribution in [3.05, 3.63) is 30.0 Å². The molecular weight excluding hydrogens is 316 g/mol. The molecule has 2 N–H and O–H groups in total. The number of carbonyl (C=O) groups is 2. The molecule has 6 nitrogen and oxygen atoms in total. The van der Waals surface area contributed by atoms with E-state index in [1.165, 1.54) is 16.5 Å². The van der Waals surface area contributed by atoms with Gasteiger partial charge in [0.1, 0.15) is 0 Å². The summed E-state index contributed by atoms with van der Waals surface area (Å²) < 4.78 is 2.42. The summed E-state index contributed by atoms with van der Waals surface area (Å²) in [5, 5.41) is 7.03. The van der Waals surface area contributed by atoms with Gasteiger partial charge in [0.25, 0.3) is 0 Å². The lowest BCUT2D eigenvalue weighted by molar-refractivity contribution is -0.120. The van der Waals surface area contributed by atoms with E-state index in [1.54, 1.807) is 4.90 Å². The van der Waals surface area contributed by atoms with E-state index in [0.717, 1.165) is 38.0 Å². The Kier molecular flexibility index (Phi) is 4.21. The number of anilines is 1. The number of hydrogen-bond acceptors (Lipinski definition) is 3. The van der Waals surface area contributed by atoms with Gasteiger partial charge in [-0.25, -0.2) is 4.79 Å². The second kappa shape index (κ2) is 6.52. The Hall–Kier alpha value is -2.34. The zero-order valence-corrected chi connectivity index (χ0v) is 14.5. The number of fused-ring (bicyclic) bond motifs is 1. The molecule has 0 bridgehead atoms. The number of amides is 3. The van der Waals surface area contributed by atoms with Crippen LogP contribution in [-0.2, 0) is 11.2 Å². The van der Waals surface area contributed by atoms with Crippen molar-refractivity contribution in [2.75, 3.05) is 24.5 Å². The van der Waals surface area contributed by atoms with Crippen LogP contribution in [0.25, 0.3) is 10.9 Å². The van der Waals surface area contributed by atoms with Gasteiger partial charge in [0.2, 0.25) is 5.91 Å². The molecule has 2 saturated heterocycles. The second-order valence-corrected chi connectivity index (χ2v) is 6.85. The topological polar surface area (TPSA) is 66.4 Å². The lowest BCUT2D eigenvalue weighted by Gasteiger charge is -2.27. The molecule has 1 aromatic heterocycles. The Labute approximate surface area is 147 Å². The number of aryl methyl sites for hydroxylation is 1. The maximum absolute atomic E-state index is 12.1. The summed E-state index contributed by atoms with van der Waals surface area (Å²) in [5.74, 6) is -0.200. The summed E-state index contributed by atoms with van der Waals surface area (Å²) in [7, 11) is 0. The number of urea groups is 1. The molecule has 3 amide bonds. The number of imide groups is 1. The predicted octanol–water partition coefficient (Wildman–Crippen LogP) is 2.57. The van der Waals surface area contributed by atoms with Crippen LogP contribution < -0.4 is 15.5 Å². The van der Waals surface area contributed by atoms with Crippen molar-refractivity contribution in [2.24, 2.45) is 0 Å². The van der Waals surface area contributed by atoms with Gasteiger partial charge in [-0.1, -0.05) is 6.92 Å². The number of nitrogens with zero attached hydrogens (tertiary/aromatic N) is 2. The van der Waals surface area contributed by atoms with Gasteiger partial charge >= 0.3 is 6.03 Å². The summed E-state index contributed by atoms with van der Waals surface area (Å²) in [6, 6.07) is 6.42. The van der Waals surface area contributed by atoms with Crippen LogP contribution in [0.5, 0.6) is 0 Å². The number of rotatable bonds is 3. The summed E-state index contributed by atoms with van der Waals surface area (Å²) >= 11 is 0. The number of hydrogen-bond donors (Lipinski definition) is 2. The highest BCUT2D eigenvalue weighted by Crippen LogP contribution is 2.32. The number of aromatic nitrogens is 1. The Morgan fingerprint density at radius 2 is 2.00 bits per heavy atom. The highest BCUT2D eigenvalue weighted by atomic mass is 16.2. The van der Waals surface area contributed by atoms with E-state index in [1.807, 2.05) is 6.07 Å². The van der Waals surface area contributed by atoms with E-state index in [-0.39, 0.29) is 11.9 Å². The fraction of sp³-hybridized carbons (Fsp3) is 0.474. The normalized spacial score (nSPS) is 19.5. The maximum Gasteiger partial charge on any atom is 0.328 e. The fourth-order valence-electron chi connectivity index (χ4n) is 3.96. The van der Waals surface area contributed by atoms with Crippen LogP contribution in [0.4, 0.5) is 10.5 Å². The molecule has 0 aliphatic carbocycles. The van der Waals surface area contributed by atoms with Crippen LogP contribution >= 0.6 is 0 Å². The molecular formula is C19H24N4O2. The Morgan fingerprint density at radius 1 is 1.20 bits per heavy atom. The van der Waals surface area contributed by atoms with E-state index in [0.29, 0.717) is 19.0 Å². The quantitative estimate of drug-likeness (QED) is 0.902. The van der Waals surface area contributed by atoms with Gasteiger partial charge in [-0.05, 0) is 56.1 Å². The second-order valence-electron chi connectivity index (χ2n) is 6.85. The van der Waals surface area contributed by atoms with Gasteiger partial charge in [0.05, 0.1) is 0 Å². The van der Waals surface area contributed by atoms with E-state index in [2.05, 4.69) is 40.5 Å². The van der Waals surface area contributed by atoms with E-state index in [9.17, 15) is 9.59 Å². The zero-order valence-electron chi connectivity index (χ0n) is 14.5. The standard InChI is InChI=1S/C19H24N4O2/c1-2-13-12-23(14-5-8-20-9-6-14)17-4-3-15(11-16(13)17)22-10-7-18(24)21-19(22)25/h3-4,11-12,14,20H,2,5-10H2,1H3,(H,21,24,25). The summed E-state index contributed by atoms with van der Waals surface area (Å²) in [5.41, 5.74) is 3.40. The minimum Gasteiger partial charge on any atom is -0.344 e. The molecule has 2 fully saturated rings. The van der Waals surface area contributed by atoms with Crippen LogP contribution in [0.1, 0.15) is 37.8 Å². The van der Waals surface area contributed by atoms with Crippen molar-refractivity contribution in [2.45, 2.75) is 38.6 Å². The van der Waals surface area contributed by atoms with Gasteiger partial charge in [0.15, 0.2) is 0 Å². The predicted molar refractivity (Wildman–Crippen MR) is 98.0 cm³/mol. The zero-order chi connectivity index (χ0) is 17.4. The molecule has 2 aliphatic rings. The van der Waals surface area contributed by atoms with Crippen LogP contribution in [0.3, 0.4) is 0 Å². The van der Waals surface area contributed by atoms with Gasteiger partial charge in [-0.3, -0.25) is 15.0 Å². The molecule has 6 heteroatoms. The first-order chi connectivity index (χ1) is 12.2. The molecule has 3 heterocycles. The summed E-state index contributed by atoms with van der Waals surface area (Å²) in [4.78, 5) is 25.2. The first-order valence-electron chi connectivity index (χ1n) is 9.13. The highest BCUT2D eigenvalue weighted by molar-refractivity contribution is 6.06. The Morgan fingerprint density at radius 3 is 2.72 bits per heavy atom. The lowest BCUT2D eigenvalue weighted by atomic mass is 10.1. The van der Waals surface area contributed by atoms with Crippen molar-refractivity contribution in [3.63, 3.8) is 0 Å². The largest absolute Gasteiger partial charge is 0.344 e. The van der Waals surface area contributed by atoms with Gasteiger partial charge in [0, 0.05) is 41.8 Å². The number of carbonyl (C=O) groups excluding carboxylic acids is 2. The van der Waals surface area contributed by atoms with E-state index in [4.69, 9.17) is 0 Å². The first kappa shape index (κ1) is 16.1. The molecule has 2 aromatic rings. The Bertz CT molecular complexity index is 820. The number of benzene rings is 1. The maximum atomic E-state index is 12.1. The van der Waals surface area contributed by atoms with E-state index >= 15 is 0 Å². The van der Waals surface area contributed by atoms with Crippen LogP contribution in [0, 0.1) is 0 Å². The summed E-state index contributed by atoms with van der Waals surface area (Å²) in [6.07, 6.45) is 5.88. The van der Waals surface area contributed by atoms with Crippen molar-refractivity contribution in [1.82, 2.24) is 15.2 Å². The number of nitrogens with one attached hydrogen (secondary N) is 2. The van der Waals surface area contributed by atoms with E-state index < -0.39 is 0 Å². The van der Waals surface area contributed by atoms with Crippen LogP contribution in [-0.4, -0.2) is 36.1 Å². The fourth-order valence-corrected chi connectivity index (χ4v) is 3.96. The average Bonchev–Trinajstić information content (AvgIpc) is 3.00. The van der Waals surface area contributed by atoms with Gasteiger partial charge < -0.3 is 9.88 Å². The molecule has 4 rings (SSSR count). The molecule has 132 valence electrons. The smallest absolute Gasteiger partial charge is 0.328 e. The van der Waals surface area contributed by atoms with Crippen molar-refractivity contribution < 1.29 is 9.59 Å². The molecule has 25 heavy (non-hydrogen) atoms. The lowest BCUT2D eigenvalue weighted by Crippen LogP contribution is -2.49. The third-order valence-corrected chi connectivity index (χ3v) is 5.35. The van der Waals surface area contributed by atoms with Gasteiger partial charge in [-0.15, -0.1) is 0 Å². The minimum absolute atomic E-state index is 0.200. The highest BCUT2D eigenvalue weighted by Gasteiger charge is 2.25. The third-order valence-electron chi connectivity index (χ3n) is 5.35.